The number of aromatic nitrogens is 3. The van der Waals surface area contributed by atoms with Gasteiger partial charge in [-0.15, -0.1) is 0 Å². The fraction of sp³-hybridized carbons (Fsp3) is 0.150. The third kappa shape index (κ3) is 4.13. The van der Waals surface area contributed by atoms with Gasteiger partial charge in [-0.05, 0) is 42.8 Å². The Labute approximate surface area is 179 Å². The van der Waals surface area contributed by atoms with E-state index in [0.29, 0.717) is 27.7 Å². The Morgan fingerprint density at radius 3 is 2.55 bits per heavy atom. The molecule has 2 heterocycles. The lowest BCUT2D eigenvalue weighted by atomic mass is 9.99. The van der Waals surface area contributed by atoms with Crippen LogP contribution in [0.4, 0.5) is 13.2 Å². The van der Waals surface area contributed by atoms with E-state index in [2.05, 4.69) is 19.6 Å². The van der Waals surface area contributed by atoms with Crippen LogP contribution in [0.5, 0.6) is 0 Å². The Balaban J connectivity index is 1.81. The second-order valence-electron chi connectivity index (χ2n) is 6.80. The van der Waals surface area contributed by atoms with Gasteiger partial charge in [0.1, 0.15) is 18.3 Å². The maximum absolute atomic E-state index is 13.1. The van der Waals surface area contributed by atoms with Crippen molar-refractivity contribution in [1.29, 1.82) is 0 Å². The summed E-state index contributed by atoms with van der Waals surface area (Å²) in [6, 6.07) is 7.92. The minimum absolute atomic E-state index is 0.0230. The van der Waals surface area contributed by atoms with E-state index in [1.54, 1.807) is 0 Å². The molecule has 0 N–H and O–H groups in total. The first-order chi connectivity index (χ1) is 14.6. The monoisotopic (exact) mass is 467 g/mol. The van der Waals surface area contributed by atoms with E-state index in [1.807, 2.05) is 0 Å². The highest BCUT2D eigenvalue weighted by Gasteiger charge is 2.34. The second kappa shape index (κ2) is 7.61. The Hall–Kier alpha value is -2.98. The van der Waals surface area contributed by atoms with E-state index >= 15 is 0 Å². The summed E-state index contributed by atoms with van der Waals surface area (Å²) in [6.45, 7) is 1.52. The highest BCUT2D eigenvalue weighted by Crippen LogP contribution is 2.39. The van der Waals surface area contributed by atoms with E-state index in [4.69, 9.17) is 11.6 Å². The van der Waals surface area contributed by atoms with E-state index in [1.165, 1.54) is 49.8 Å². The van der Waals surface area contributed by atoms with Crippen LogP contribution in [0.3, 0.4) is 0 Å². The lowest BCUT2D eigenvalue weighted by molar-refractivity contribution is -0.137. The van der Waals surface area contributed by atoms with E-state index < -0.39 is 26.6 Å². The molecule has 0 bridgehead atoms. The van der Waals surface area contributed by atoms with Gasteiger partial charge in [0.25, 0.3) is 0 Å². The normalized spacial score (nSPS) is 12.4. The lowest BCUT2D eigenvalue weighted by Crippen LogP contribution is -2.07. The van der Waals surface area contributed by atoms with Crippen LogP contribution in [0.15, 0.2) is 58.4 Å². The zero-order valence-electron chi connectivity index (χ0n) is 15.8. The van der Waals surface area contributed by atoms with Crippen molar-refractivity contribution in [1.82, 2.24) is 15.1 Å². The predicted molar refractivity (Wildman–Crippen MR) is 107 cm³/mol. The minimum Gasteiger partial charge on any atom is -0.364 e. The summed E-state index contributed by atoms with van der Waals surface area (Å²) in [5.74, 6) is -0.347. The van der Waals surface area contributed by atoms with Crippen molar-refractivity contribution in [2.45, 2.75) is 23.7 Å². The number of hydrogen-bond acceptors (Lipinski definition) is 6. The van der Waals surface area contributed by atoms with Gasteiger partial charge < -0.3 is 4.52 Å². The second-order valence-corrected chi connectivity index (χ2v) is 9.19. The smallest absolute Gasteiger partial charge is 0.364 e. The summed E-state index contributed by atoms with van der Waals surface area (Å²) in [6.07, 6.45) is -2.08. The van der Waals surface area contributed by atoms with Crippen molar-refractivity contribution in [3.8, 4) is 11.3 Å². The molecule has 0 atom stereocenters. The summed E-state index contributed by atoms with van der Waals surface area (Å²) in [5.41, 5.74) is 0.705. The molecule has 4 rings (SSSR count). The zero-order valence-corrected chi connectivity index (χ0v) is 17.4. The van der Waals surface area contributed by atoms with E-state index in [0.717, 1.165) is 6.07 Å². The van der Waals surface area contributed by atoms with Crippen molar-refractivity contribution in [3.05, 3.63) is 70.8 Å². The van der Waals surface area contributed by atoms with Crippen LogP contribution in [0, 0.1) is 6.92 Å². The molecule has 0 fully saturated rings. The van der Waals surface area contributed by atoms with Crippen LogP contribution in [0.25, 0.3) is 22.2 Å². The molecule has 0 amide bonds. The fourth-order valence-electron chi connectivity index (χ4n) is 3.19. The van der Waals surface area contributed by atoms with E-state index in [9.17, 15) is 21.6 Å². The summed E-state index contributed by atoms with van der Waals surface area (Å²) in [5, 5.41) is 3.63. The van der Waals surface area contributed by atoms with Gasteiger partial charge in [0.15, 0.2) is 9.84 Å². The molecule has 0 aliphatic heterocycles. The Kier molecular flexibility index (Phi) is 5.22. The van der Waals surface area contributed by atoms with Gasteiger partial charge in [-0.1, -0.05) is 16.8 Å². The van der Waals surface area contributed by atoms with Crippen LogP contribution < -0.4 is 0 Å². The highest BCUT2D eigenvalue weighted by atomic mass is 35.5. The van der Waals surface area contributed by atoms with Crippen LogP contribution in [0.1, 0.15) is 16.8 Å². The molecule has 0 aliphatic rings. The van der Waals surface area contributed by atoms with Crippen LogP contribution in [0.2, 0.25) is 5.02 Å². The maximum atomic E-state index is 13.1. The molecule has 6 nitrogen and oxygen atoms in total. The van der Waals surface area contributed by atoms with Crippen molar-refractivity contribution in [3.63, 3.8) is 0 Å². The first-order valence-electron chi connectivity index (χ1n) is 8.81. The Bertz CT molecular complexity index is 1390. The van der Waals surface area contributed by atoms with Gasteiger partial charge in [0, 0.05) is 17.0 Å². The summed E-state index contributed by atoms with van der Waals surface area (Å²) in [7, 11) is -3.72. The molecular formula is C20H13ClF3N3O3S. The van der Waals surface area contributed by atoms with Gasteiger partial charge in [-0.25, -0.2) is 18.4 Å². The van der Waals surface area contributed by atoms with Crippen molar-refractivity contribution >= 4 is 32.3 Å². The topological polar surface area (TPSA) is 86.0 Å². The highest BCUT2D eigenvalue weighted by molar-refractivity contribution is 7.90. The molecule has 2 aromatic heterocycles. The van der Waals surface area contributed by atoms with E-state index in [-0.39, 0.29) is 16.3 Å². The first kappa shape index (κ1) is 21.3. The average Bonchev–Trinajstić information content (AvgIpc) is 3.20. The molecule has 0 saturated carbocycles. The summed E-state index contributed by atoms with van der Waals surface area (Å²) < 4.78 is 69.4. The van der Waals surface area contributed by atoms with Crippen molar-refractivity contribution in [2.24, 2.45) is 0 Å². The number of aryl methyl sites for hydroxylation is 1. The van der Waals surface area contributed by atoms with Gasteiger partial charge >= 0.3 is 6.18 Å². The SMILES string of the molecule is Cc1cc(C(F)(F)F)c(Cl)cc1-c1ncnc2cc(S(=O)(=O)Cc3ccon3)ccc12. The third-order valence-electron chi connectivity index (χ3n) is 4.67. The molecule has 0 spiro atoms. The Morgan fingerprint density at radius 1 is 1.10 bits per heavy atom. The maximum Gasteiger partial charge on any atom is 0.417 e. The standard InChI is InChI=1S/C20H13ClF3N3O3S/c1-11-6-16(20(22,23)24)17(21)8-15(11)19-14-3-2-13(7-18(14)25-10-26-19)31(28,29)9-12-4-5-30-27-12/h2-8,10H,9H2,1H3. The van der Waals surface area contributed by atoms with Crippen molar-refractivity contribution < 1.29 is 26.1 Å². The number of sulfone groups is 1. The fourth-order valence-corrected chi connectivity index (χ4v) is 4.73. The Morgan fingerprint density at radius 2 is 1.87 bits per heavy atom. The molecule has 31 heavy (non-hydrogen) atoms. The molecule has 0 aliphatic carbocycles. The van der Waals surface area contributed by atoms with Gasteiger partial charge in [0.2, 0.25) is 0 Å². The number of nitrogens with zero attached hydrogens (tertiary/aromatic N) is 3. The quantitative estimate of drug-likeness (QED) is 0.408. The first-order valence-corrected chi connectivity index (χ1v) is 10.8. The summed E-state index contributed by atoms with van der Waals surface area (Å²) >= 11 is 5.88. The van der Waals surface area contributed by atoms with Gasteiger partial charge in [-0.3, -0.25) is 0 Å². The summed E-state index contributed by atoms with van der Waals surface area (Å²) in [4.78, 5) is 8.35. The number of fused-ring (bicyclic) bond motifs is 1. The molecule has 2 aromatic carbocycles. The number of halogens is 4. The van der Waals surface area contributed by atoms with Crippen LogP contribution in [-0.2, 0) is 21.8 Å². The molecule has 0 saturated heterocycles. The van der Waals surface area contributed by atoms with Crippen LogP contribution in [-0.4, -0.2) is 23.5 Å². The predicted octanol–water partition coefficient (Wildman–Crippen LogP) is 5.24. The molecule has 0 unspecified atom stereocenters. The van der Waals surface area contributed by atoms with Gasteiger partial charge in [0.05, 0.1) is 32.4 Å². The largest absolute Gasteiger partial charge is 0.417 e. The van der Waals surface area contributed by atoms with Crippen molar-refractivity contribution in [2.75, 3.05) is 0 Å². The number of hydrogen-bond donors (Lipinski definition) is 0. The van der Waals surface area contributed by atoms with Gasteiger partial charge in [-0.2, -0.15) is 13.2 Å². The average molecular weight is 468 g/mol. The number of alkyl halides is 3. The lowest BCUT2D eigenvalue weighted by Gasteiger charge is -2.14. The third-order valence-corrected chi connectivity index (χ3v) is 6.63. The minimum atomic E-state index is -4.58. The number of rotatable bonds is 4. The number of benzene rings is 2. The van der Waals surface area contributed by atoms with Crippen LogP contribution >= 0.6 is 11.6 Å². The molecule has 11 heteroatoms. The molecule has 160 valence electrons. The molecular weight excluding hydrogens is 455 g/mol. The zero-order chi connectivity index (χ0) is 22.4. The molecule has 0 radical (unpaired) electrons. The molecule has 4 aromatic rings.